The number of aryl methyl sites for hydroxylation is 2. The van der Waals surface area contributed by atoms with Crippen molar-refractivity contribution in [2.75, 3.05) is 0 Å². The number of hydrogen-bond donors (Lipinski definition) is 2. The molecule has 0 unspecified atom stereocenters. The highest BCUT2D eigenvalue weighted by Gasteiger charge is 2.15. The Morgan fingerprint density at radius 3 is 2.75 bits per heavy atom. The van der Waals surface area contributed by atoms with Gasteiger partial charge in [-0.3, -0.25) is 9.99 Å². The van der Waals surface area contributed by atoms with Crippen molar-refractivity contribution in [1.29, 1.82) is 0 Å². The molecule has 128 valence electrons. The van der Waals surface area contributed by atoms with E-state index in [2.05, 4.69) is 27.1 Å². The van der Waals surface area contributed by atoms with Gasteiger partial charge >= 0.3 is 0 Å². The van der Waals surface area contributed by atoms with Crippen molar-refractivity contribution < 1.29 is 4.52 Å². The first-order chi connectivity index (χ1) is 11.5. The lowest BCUT2D eigenvalue weighted by molar-refractivity contribution is 0.394. The standard InChI is InChI=1S/C17H23N5OS/c1-11-8-14(13(3)22(11)16-9-12(2)23-21-16)10-18-20-17(24)19-15-6-4-5-7-15/h8-10,15H,4-7H2,1-3H3,(H2,19,20,24)/b18-10-. The van der Waals surface area contributed by atoms with Gasteiger partial charge in [0, 0.05) is 29.1 Å². The molecule has 2 aromatic heterocycles. The number of rotatable bonds is 4. The van der Waals surface area contributed by atoms with E-state index in [0.717, 1.165) is 28.5 Å². The van der Waals surface area contributed by atoms with Crippen molar-refractivity contribution in [2.24, 2.45) is 5.10 Å². The molecule has 0 aliphatic heterocycles. The first kappa shape index (κ1) is 16.7. The van der Waals surface area contributed by atoms with E-state index in [-0.39, 0.29) is 0 Å². The summed E-state index contributed by atoms with van der Waals surface area (Å²) in [6, 6.07) is 4.47. The number of hydrazone groups is 1. The van der Waals surface area contributed by atoms with E-state index in [1.807, 2.05) is 31.4 Å². The van der Waals surface area contributed by atoms with Crippen LogP contribution in [0.4, 0.5) is 0 Å². The van der Waals surface area contributed by atoms with Crippen LogP contribution in [-0.2, 0) is 0 Å². The van der Waals surface area contributed by atoms with Crippen LogP contribution in [0.2, 0.25) is 0 Å². The van der Waals surface area contributed by atoms with E-state index >= 15 is 0 Å². The van der Waals surface area contributed by atoms with Crippen molar-refractivity contribution >= 4 is 23.5 Å². The van der Waals surface area contributed by atoms with Gasteiger partial charge in [-0.2, -0.15) is 5.10 Å². The van der Waals surface area contributed by atoms with Crippen LogP contribution >= 0.6 is 12.2 Å². The molecule has 0 atom stereocenters. The molecule has 0 radical (unpaired) electrons. The Morgan fingerprint density at radius 1 is 1.33 bits per heavy atom. The number of hydrogen-bond acceptors (Lipinski definition) is 4. The van der Waals surface area contributed by atoms with Gasteiger partial charge in [0.2, 0.25) is 0 Å². The number of nitrogens with zero attached hydrogens (tertiary/aromatic N) is 3. The van der Waals surface area contributed by atoms with Crippen molar-refractivity contribution in [3.05, 3.63) is 34.8 Å². The molecular formula is C17H23N5OS. The fraction of sp³-hybridized carbons (Fsp3) is 0.471. The zero-order valence-corrected chi connectivity index (χ0v) is 15.1. The summed E-state index contributed by atoms with van der Waals surface area (Å²) in [5.41, 5.74) is 6.06. The Morgan fingerprint density at radius 2 is 2.08 bits per heavy atom. The largest absolute Gasteiger partial charge is 0.360 e. The maximum absolute atomic E-state index is 5.29. The number of thiocarbonyl (C=S) groups is 1. The van der Waals surface area contributed by atoms with Crippen molar-refractivity contribution in [2.45, 2.75) is 52.5 Å². The van der Waals surface area contributed by atoms with Crippen LogP contribution in [-0.4, -0.2) is 27.1 Å². The van der Waals surface area contributed by atoms with E-state index in [9.17, 15) is 0 Å². The Balaban J connectivity index is 1.66. The highest BCUT2D eigenvalue weighted by molar-refractivity contribution is 7.80. The Bertz CT molecular complexity index is 755. The molecule has 1 saturated carbocycles. The molecule has 7 heteroatoms. The summed E-state index contributed by atoms with van der Waals surface area (Å²) in [5, 5.41) is 12.2. The summed E-state index contributed by atoms with van der Waals surface area (Å²) in [7, 11) is 0. The van der Waals surface area contributed by atoms with Gasteiger partial charge in [0.25, 0.3) is 0 Å². The van der Waals surface area contributed by atoms with Crippen LogP contribution in [0.15, 0.2) is 21.8 Å². The summed E-state index contributed by atoms with van der Waals surface area (Å²) in [6.45, 7) is 5.96. The van der Waals surface area contributed by atoms with Gasteiger partial charge in [-0.1, -0.05) is 18.0 Å². The SMILES string of the molecule is Cc1cc(-n2c(C)cc(/C=N\NC(=S)NC3CCCC3)c2C)no1. The Labute approximate surface area is 147 Å². The van der Waals surface area contributed by atoms with Crippen LogP contribution in [0.5, 0.6) is 0 Å². The molecule has 0 bridgehead atoms. The normalized spacial score (nSPS) is 15.3. The zero-order chi connectivity index (χ0) is 17.1. The smallest absolute Gasteiger partial charge is 0.187 e. The van der Waals surface area contributed by atoms with Crippen LogP contribution in [0, 0.1) is 20.8 Å². The van der Waals surface area contributed by atoms with Crippen molar-refractivity contribution in [3.8, 4) is 5.82 Å². The van der Waals surface area contributed by atoms with Crippen LogP contribution in [0.25, 0.3) is 5.82 Å². The molecule has 24 heavy (non-hydrogen) atoms. The van der Waals surface area contributed by atoms with E-state index < -0.39 is 0 Å². The monoisotopic (exact) mass is 345 g/mol. The van der Waals surface area contributed by atoms with E-state index in [1.165, 1.54) is 25.7 Å². The lowest BCUT2D eigenvalue weighted by Gasteiger charge is -2.12. The molecule has 2 heterocycles. The second kappa shape index (κ2) is 7.17. The molecule has 0 saturated heterocycles. The molecule has 2 aromatic rings. The first-order valence-electron chi connectivity index (χ1n) is 8.27. The second-order valence-electron chi connectivity index (χ2n) is 6.28. The molecular weight excluding hydrogens is 322 g/mol. The second-order valence-corrected chi connectivity index (χ2v) is 6.69. The van der Waals surface area contributed by atoms with Gasteiger partial charge in [0.1, 0.15) is 5.76 Å². The Hall–Kier alpha value is -2.15. The van der Waals surface area contributed by atoms with Gasteiger partial charge in [-0.05, 0) is 51.9 Å². The van der Waals surface area contributed by atoms with Gasteiger partial charge in [0.15, 0.2) is 10.9 Å². The minimum absolute atomic E-state index is 0.487. The molecule has 0 amide bonds. The lowest BCUT2D eigenvalue weighted by Crippen LogP contribution is -2.38. The predicted octanol–water partition coefficient (Wildman–Crippen LogP) is 3.13. The average Bonchev–Trinajstić information content (AvgIpc) is 3.23. The zero-order valence-electron chi connectivity index (χ0n) is 14.3. The third kappa shape index (κ3) is 3.67. The molecule has 1 fully saturated rings. The summed E-state index contributed by atoms with van der Waals surface area (Å²) in [6.07, 6.45) is 6.70. The van der Waals surface area contributed by atoms with Gasteiger partial charge < -0.3 is 9.84 Å². The number of aromatic nitrogens is 2. The summed E-state index contributed by atoms with van der Waals surface area (Å²) < 4.78 is 7.22. The molecule has 6 nitrogen and oxygen atoms in total. The minimum Gasteiger partial charge on any atom is -0.360 e. The summed E-state index contributed by atoms with van der Waals surface area (Å²) >= 11 is 5.29. The maximum Gasteiger partial charge on any atom is 0.187 e. The molecule has 3 rings (SSSR count). The Kier molecular flexibility index (Phi) is 4.99. The molecule has 1 aliphatic carbocycles. The van der Waals surface area contributed by atoms with Crippen LogP contribution in [0.1, 0.15) is 48.4 Å². The van der Waals surface area contributed by atoms with Gasteiger partial charge in [-0.25, -0.2) is 0 Å². The van der Waals surface area contributed by atoms with E-state index in [4.69, 9.17) is 16.7 Å². The highest BCUT2D eigenvalue weighted by atomic mass is 32.1. The van der Waals surface area contributed by atoms with Crippen LogP contribution < -0.4 is 10.7 Å². The van der Waals surface area contributed by atoms with Gasteiger partial charge in [0.05, 0.1) is 6.21 Å². The first-order valence-corrected chi connectivity index (χ1v) is 8.67. The number of nitrogens with one attached hydrogen (secondary N) is 2. The average molecular weight is 345 g/mol. The minimum atomic E-state index is 0.487. The molecule has 2 N–H and O–H groups in total. The van der Waals surface area contributed by atoms with Crippen molar-refractivity contribution in [3.63, 3.8) is 0 Å². The third-order valence-electron chi connectivity index (χ3n) is 4.38. The summed E-state index contributed by atoms with van der Waals surface area (Å²) in [4.78, 5) is 0. The summed E-state index contributed by atoms with van der Waals surface area (Å²) in [5.74, 6) is 1.58. The van der Waals surface area contributed by atoms with Gasteiger partial charge in [-0.15, -0.1) is 0 Å². The van der Waals surface area contributed by atoms with Crippen LogP contribution in [0.3, 0.4) is 0 Å². The highest BCUT2D eigenvalue weighted by Crippen LogP contribution is 2.19. The quantitative estimate of drug-likeness (QED) is 0.506. The molecule has 0 aromatic carbocycles. The van der Waals surface area contributed by atoms with E-state index in [0.29, 0.717) is 11.2 Å². The topological polar surface area (TPSA) is 67.4 Å². The van der Waals surface area contributed by atoms with Crippen molar-refractivity contribution in [1.82, 2.24) is 20.5 Å². The fourth-order valence-electron chi connectivity index (χ4n) is 3.18. The maximum atomic E-state index is 5.29. The lowest BCUT2D eigenvalue weighted by atomic mass is 10.3. The third-order valence-corrected chi connectivity index (χ3v) is 4.58. The van der Waals surface area contributed by atoms with E-state index in [1.54, 1.807) is 6.21 Å². The predicted molar refractivity (Wildman–Crippen MR) is 98.8 cm³/mol. The molecule has 1 aliphatic rings. The molecule has 0 spiro atoms. The fourth-order valence-corrected chi connectivity index (χ4v) is 3.40.